The molecule has 1 aliphatic heterocycles. The van der Waals surface area contributed by atoms with Crippen LogP contribution in [0.5, 0.6) is 0 Å². The van der Waals surface area contributed by atoms with E-state index in [4.69, 9.17) is 11.6 Å². The summed E-state index contributed by atoms with van der Waals surface area (Å²) >= 11 is 6.27. The number of aryl methyl sites for hydroxylation is 1. The van der Waals surface area contributed by atoms with E-state index in [1.165, 1.54) is 45.2 Å². The van der Waals surface area contributed by atoms with Gasteiger partial charge in [-0.2, -0.15) is 5.10 Å². The molecule has 1 aromatic heterocycles. The summed E-state index contributed by atoms with van der Waals surface area (Å²) < 4.78 is 0. The Morgan fingerprint density at radius 2 is 1.95 bits per heavy atom. The van der Waals surface area contributed by atoms with Crippen LogP contribution in [-0.2, 0) is 6.54 Å². The van der Waals surface area contributed by atoms with Gasteiger partial charge in [0, 0.05) is 25.7 Å². The standard InChI is InChI=1S/C15H25ClN4/c1-12-15(16)14(18-17-12)11-19-7-4-8-20(10-9-19)13-5-2-3-6-13/h13H,2-11H2,1H3,(H,17,18). The number of H-pyrrole nitrogens is 1. The summed E-state index contributed by atoms with van der Waals surface area (Å²) in [5, 5.41) is 8.11. The zero-order chi connectivity index (χ0) is 13.9. The second-order valence-electron chi connectivity index (χ2n) is 6.21. The van der Waals surface area contributed by atoms with Crippen molar-refractivity contribution in [3.63, 3.8) is 0 Å². The van der Waals surface area contributed by atoms with Crippen molar-refractivity contribution < 1.29 is 0 Å². The van der Waals surface area contributed by atoms with Gasteiger partial charge in [-0.1, -0.05) is 24.4 Å². The molecule has 1 saturated carbocycles. The predicted molar refractivity (Wildman–Crippen MR) is 82.1 cm³/mol. The van der Waals surface area contributed by atoms with Crippen molar-refractivity contribution in [3.8, 4) is 0 Å². The number of hydrogen-bond donors (Lipinski definition) is 1. The summed E-state index contributed by atoms with van der Waals surface area (Å²) in [5.41, 5.74) is 1.97. The molecular weight excluding hydrogens is 272 g/mol. The Balaban J connectivity index is 1.55. The first-order valence-corrected chi connectivity index (χ1v) is 8.27. The minimum Gasteiger partial charge on any atom is -0.299 e. The summed E-state index contributed by atoms with van der Waals surface area (Å²) in [5.74, 6) is 0. The van der Waals surface area contributed by atoms with E-state index in [2.05, 4.69) is 20.0 Å². The maximum atomic E-state index is 6.27. The molecule has 0 aromatic carbocycles. The number of nitrogens with zero attached hydrogens (tertiary/aromatic N) is 3. The molecule has 3 rings (SSSR count). The van der Waals surface area contributed by atoms with E-state index in [0.29, 0.717) is 0 Å². The van der Waals surface area contributed by atoms with Crippen LogP contribution in [0, 0.1) is 6.92 Å². The van der Waals surface area contributed by atoms with Gasteiger partial charge >= 0.3 is 0 Å². The van der Waals surface area contributed by atoms with Crippen molar-refractivity contribution in [2.24, 2.45) is 0 Å². The molecule has 4 nitrogen and oxygen atoms in total. The van der Waals surface area contributed by atoms with E-state index in [9.17, 15) is 0 Å². The molecule has 2 aliphatic rings. The normalized spacial score (nSPS) is 23.3. The molecule has 1 N–H and O–H groups in total. The first-order chi connectivity index (χ1) is 9.74. The third kappa shape index (κ3) is 3.18. The van der Waals surface area contributed by atoms with E-state index in [0.717, 1.165) is 42.1 Å². The van der Waals surface area contributed by atoms with Gasteiger partial charge in [-0.3, -0.25) is 14.9 Å². The minimum atomic E-state index is 0.807. The van der Waals surface area contributed by atoms with Crippen molar-refractivity contribution in [1.82, 2.24) is 20.0 Å². The molecule has 2 fully saturated rings. The van der Waals surface area contributed by atoms with Crippen LogP contribution in [-0.4, -0.2) is 52.2 Å². The minimum absolute atomic E-state index is 0.807. The van der Waals surface area contributed by atoms with E-state index >= 15 is 0 Å². The van der Waals surface area contributed by atoms with E-state index in [1.807, 2.05) is 6.92 Å². The van der Waals surface area contributed by atoms with Crippen molar-refractivity contribution in [3.05, 3.63) is 16.4 Å². The van der Waals surface area contributed by atoms with Gasteiger partial charge in [0.15, 0.2) is 0 Å². The summed E-state index contributed by atoms with van der Waals surface area (Å²) in [4.78, 5) is 5.21. The Labute approximate surface area is 126 Å². The van der Waals surface area contributed by atoms with Crippen LogP contribution < -0.4 is 0 Å². The first-order valence-electron chi connectivity index (χ1n) is 7.90. The number of nitrogens with one attached hydrogen (secondary N) is 1. The Morgan fingerprint density at radius 3 is 2.65 bits per heavy atom. The molecule has 0 atom stereocenters. The van der Waals surface area contributed by atoms with Crippen LogP contribution in [0.3, 0.4) is 0 Å². The SMILES string of the molecule is Cc1[nH]nc(CN2CCCN(C3CCCC3)CC2)c1Cl. The van der Waals surface area contributed by atoms with Crippen molar-refractivity contribution in [1.29, 1.82) is 0 Å². The lowest BCUT2D eigenvalue weighted by molar-refractivity contribution is 0.198. The lowest BCUT2D eigenvalue weighted by Crippen LogP contribution is -2.36. The van der Waals surface area contributed by atoms with E-state index in [1.54, 1.807) is 0 Å². The van der Waals surface area contributed by atoms with Gasteiger partial charge in [-0.15, -0.1) is 0 Å². The Morgan fingerprint density at radius 1 is 1.15 bits per heavy atom. The number of rotatable bonds is 3. The van der Waals surface area contributed by atoms with Crippen molar-refractivity contribution >= 4 is 11.6 Å². The third-order valence-electron chi connectivity index (χ3n) is 4.78. The molecule has 0 unspecified atom stereocenters. The van der Waals surface area contributed by atoms with Gasteiger partial charge in [-0.05, 0) is 39.3 Å². The molecule has 112 valence electrons. The molecule has 5 heteroatoms. The Hall–Kier alpha value is -0.580. The highest BCUT2D eigenvalue weighted by molar-refractivity contribution is 6.31. The molecule has 20 heavy (non-hydrogen) atoms. The van der Waals surface area contributed by atoms with Gasteiger partial charge in [-0.25, -0.2) is 0 Å². The number of hydrogen-bond acceptors (Lipinski definition) is 3. The van der Waals surface area contributed by atoms with Crippen molar-refractivity contribution in [2.75, 3.05) is 26.2 Å². The quantitative estimate of drug-likeness (QED) is 0.931. The van der Waals surface area contributed by atoms with Crippen LogP contribution in [0.4, 0.5) is 0 Å². The van der Waals surface area contributed by atoms with Gasteiger partial charge in [0.1, 0.15) is 0 Å². The third-order valence-corrected chi connectivity index (χ3v) is 5.28. The molecule has 0 spiro atoms. The summed E-state index contributed by atoms with van der Waals surface area (Å²) in [6, 6.07) is 0.853. The predicted octanol–water partition coefficient (Wildman–Crippen LogP) is 2.82. The zero-order valence-electron chi connectivity index (χ0n) is 12.4. The van der Waals surface area contributed by atoms with Gasteiger partial charge in [0.05, 0.1) is 16.4 Å². The highest BCUT2D eigenvalue weighted by Gasteiger charge is 2.25. The maximum Gasteiger partial charge on any atom is 0.0951 e. The summed E-state index contributed by atoms with van der Waals surface area (Å²) in [6.45, 7) is 7.61. The molecule has 0 bridgehead atoms. The maximum absolute atomic E-state index is 6.27. The fourth-order valence-electron chi connectivity index (χ4n) is 3.57. The lowest BCUT2D eigenvalue weighted by Gasteiger charge is -2.27. The molecule has 0 radical (unpaired) electrons. The van der Waals surface area contributed by atoms with Gasteiger partial charge < -0.3 is 0 Å². The van der Waals surface area contributed by atoms with Crippen LogP contribution >= 0.6 is 11.6 Å². The van der Waals surface area contributed by atoms with Crippen LogP contribution in [0.2, 0.25) is 5.02 Å². The fourth-order valence-corrected chi connectivity index (χ4v) is 3.71. The van der Waals surface area contributed by atoms with Crippen LogP contribution in [0.15, 0.2) is 0 Å². The number of aromatic nitrogens is 2. The summed E-state index contributed by atoms with van der Waals surface area (Å²) in [7, 11) is 0. The molecule has 2 heterocycles. The topological polar surface area (TPSA) is 35.2 Å². The second-order valence-corrected chi connectivity index (χ2v) is 6.59. The van der Waals surface area contributed by atoms with Crippen LogP contribution in [0.1, 0.15) is 43.5 Å². The monoisotopic (exact) mass is 296 g/mol. The average Bonchev–Trinajstić information content (AvgIpc) is 3.01. The van der Waals surface area contributed by atoms with E-state index in [-0.39, 0.29) is 0 Å². The highest BCUT2D eigenvalue weighted by Crippen LogP contribution is 2.25. The van der Waals surface area contributed by atoms with Crippen LogP contribution in [0.25, 0.3) is 0 Å². The molecule has 0 amide bonds. The second kappa shape index (κ2) is 6.46. The smallest absolute Gasteiger partial charge is 0.0951 e. The zero-order valence-corrected chi connectivity index (χ0v) is 13.1. The molecule has 1 aromatic rings. The molecular formula is C15H25ClN4. The lowest BCUT2D eigenvalue weighted by atomic mass is 10.2. The average molecular weight is 297 g/mol. The Bertz CT molecular complexity index is 439. The Kier molecular flexibility index (Phi) is 4.64. The number of halogens is 1. The largest absolute Gasteiger partial charge is 0.299 e. The first kappa shape index (κ1) is 14.4. The molecule has 1 aliphatic carbocycles. The van der Waals surface area contributed by atoms with Crippen molar-refractivity contribution in [2.45, 2.75) is 51.6 Å². The fraction of sp³-hybridized carbons (Fsp3) is 0.800. The van der Waals surface area contributed by atoms with Gasteiger partial charge in [0.25, 0.3) is 0 Å². The summed E-state index contributed by atoms with van der Waals surface area (Å²) in [6.07, 6.45) is 6.92. The highest BCUT2D eigenvalue weighted by atomic mass is 35.5. The number of aromatic amines is 1. The van der Waals surface area contributed by atoms with E-state index < -0.39 is 0 Å². The van der Waals surface area contributed by atoms with Gasteiger partial charge in [0.2, 0.25) is 0 Å². The molecule has 1 saturated heterocycles.